The van der Waals surface area contributed by atoms with Crippen LogP contribution in [0.3, 0.4) is 0 Å². The van der Waals surface area contributed by atoms with Crippen LogP contribution in [0, 0.1) is 6.92 Å². The molecule has 1 aliphatic heterocycles. The molecule has 0 radical (unpaired) electrons. The lowest BCUT2D eigenvalue weighted by molar-refractivity contribution is 0.458. The molecule has 1 aliphatic rings. The van der Waals surface area contributed by atoms with Crippen LogP contribution in [0.4, 0.5) is 0 Å². The summed E-state index contributed by atoms with van der Waals surface area (Å²) in [6.07, 6.45) is 2.31. The number of nitrogens with one attached hydrogen (secondary N) is 1. The average Bonchev–Trinajstić information content (AvgIpc) is 2.21. The Morgan fingerprint density at radius 1 is 1.14 bits per heavy atom. The van der Waals surface area contributed by atoms with Crippen molar-refractivity contribution in [1.29, 1.82) is 0 Å². The van der Waals surface area contributed by atoms with Crippen molar-refractivity contribution in [1.82, 2.24) is 5.32 Å². The van der Waals surface area contributed by atoms with Gasteiger partial charge in [0.1, 0.15) is 0 Å². The first kappa shape index (κ1) is 11.2. The molecule has 0 bridgehead atoms. The van der Waals surface area contributed by atoms with Crippen molar-refractivity contribution in [2.24, 2.45) is 5.73 Å². The molecule has 3 N–H and O–H groups in total. The van der Waals surface area contributed by atoms with Crippen LogP contribution < -0.4 is 11.1 Å². The van der Waals surface area contributed by atoms with Gasteiger partial charge in [0.25, 0.3) is 0 Å². The lowest BCUT2D eigenvalue weighted by Crippen LogP contribution is -2.35. The smallest absolute Gasteiger partial charge is 0.00629 e. The van der Waals surface area contributed by atoms with Crippen LogP contribution >= 0.6 is 0 Å². The van der Waals surface area contributed by atoms with E-state index in [9.17, 15) is 0 Å². The van der Waals surface area contributed by atoms with E-state index >= 15 is 0 Å². The highest BCUT2D eigenvalue weighted by Crippen LogP contribution is 1.96. The molecule has 0 atom stereocenters. The van der Waals surface area contributed by atoms with Gasteiger partial charge < -0.3 is 11.1 Å². The largest absolute Gasteiger partial charge is 0.328 e. The summed E-state index contributed by atoms with van der Waals surface area (Å²) in [5, 5.41) is 3.24. The summed E-state index contributed by atoms with van der Waals surface area (Å²) in [5.74, 6) is 0. The number of benzene rings is 1. The number of aryl methyl sites for hydroxylation is 1. The Balaban J connectivity index is 0.000000140. The van der Waals surface area contributed by atoms with Crippen LogP contribution in [0.25, 0.3) is 0 Å². The number of hydrogen-bond acceptors (Lipinski definition) is 2. The van der Waals surface area contributed by atoms with Gasteiger partial charge in [0.15, 0.2) is 0 Å². The Morgan fingerprint density at radius 2 is 1.71 bits per heavy atom. The molecular weight excluding hydrogens is 172 g/mol. The van der Waals surface area contributed by atoms with E-state index in [0.29, 0.717) is 6.04 Å². The highest BCUT2D eigenvalue weighted by Gasteiger charge is 2.05. The first-order valence-electron chi connectivity index (χ1n) is 5.27. The van der Waals surface area contributed by atoms with Crippen LogP contribution in [-0.4, -0.2) is 19.1 Å². The van der Waals surface area contributed by atoms with E-state index < -0.39 is 0 Å². The topological polar surface area (TPSA) is 38.0 Å². The van der Waals surface area contributed by atoms with Gasteiger partial charge in [-0.1, -0.05) is 35.9 Å². The SMILES string of the molecule is Cc1ccccc1.NC1CCNCC1. The van der Waals surface area contributed by atoms with Gasteiger partial charge in [-0.3, -0.25) is 0 Å². The van der Waals surface area contributed by atoms with Gasteiger partial charge in [-0.05, 0) is 32.9 Å². The second-order valence-corrected chi connectivity index (χ2v) is 3.74. The molecule has 1 saturated heterocycles. The number of piperidine rings is 1. The molecule has 0 aliphatic carbocycles. The molecule has 2 nitrogen and oxygen atoms in total. The van der Waals surface area contributed by atoms with Crippen molar-refractivity contribution in [3.8, 4) is 0 Å². The Labute approximate surface area is 86.5 Å². The molecule has 2 heteroatoms. The third-order valence-electron chi connectivity index (χ3n) is 2.32. The van der Waals surface area contributed by atoms with Crippen molar-refractivity contribution in [3.05, 3.63) is 35.9 Å². The maximum atomic E-state index is 5.59. The van der Waals surface area contributed by atoms with E-state index in [0.717, 1.165) is 25.9 Å². The Morgan fingerprint density at radius 3 is 2.00 bits per heavy atom. The van der Waals surface area contributed by atoms with Crippen LogP contribution in [0.2, 0.25) is 0 Å². The van der Waals surface area contributed by atoms with E-state index in [-0.39, 0.29) is 0 Å². The summed E-state index contributed by atoms with van der Waals surface area (Å²) in [5.41, 5.74) is 6.92. The van der Waals surface area contributed by atoms with Crippen molar-refractivity contribution in [2.45, 2.75) is 25.8 Å². The fraction of sp³-hybridized carbons (Fsp3) is 0.500. The zero-order valence-electron chi connectivity index (χ0n) is 8.87. The highest BCUT2D eigenvalue weighted by atomic mass is 14.9. The normalized spacial score (nSPS) is 17.0. The molecule has 2 rings (SSSR count). The Bertz CT molecular complexity index is 227. The van der Waals surface area contributed by atoms with Gasteiger partial charge in [0.05, 0.1) is 0 Å². The van der Waals surface area contributed by atoms with E-state index in [4.69, 9.17) is 5.73 Å². The zero-order chi connectivity index (χ0) is 10.2. The molecule has 0 aromatic heterocycles. The molecule has 14 heavy (non-hydrogen) atoms. The van der Waals surface area contributed by atoms with Gasteiger partial charge in [-0.15, -0.1) is 0 Å². The van der Waals surface area contributed by atoms with Crippen molar-refractivity contribution in [3.63, 3.8) is 0 Å². The second kappa shape index (κ2) is 6.57. The molecule has 1 heterocycles. The minimum atomic E-state index is 0.473. The summed E-state index contributed by atoms with van der Waals surface area (Å²) in [4.78, 5) is 0. The lowest BCUT2D eigenvalue weighted by atomic mass is 10.1. The monoisotopic (exact) mass is 192 g/mol. The molecule has 1 aromatic carbocycles. The van der Waals surface area contributed by atoms with Crippen LogP contribution in [-0.2, 0) is 0 Å². The van der Waals surface area contributed by atoms with Crippen molar-refractivity contribution in [2.75, 3.05) is 13.1 Å². The van der Waals surface area contributed by atoms with E-state index in [2.05, 4.69) is 24.4 Å². The summed E-state index contributed by atoms with van der Waals surface area (Å²) in [7, 11) is 0. The second-order valence-electron chi connectivity index (χ2n) is 3.74. The maximum Gasteiger partial charge on any atom is 0.00629 e. The van der Waals surface area contributed by atoms with Gasteiger partial charge in [0.2, 0.25) is 0 Å². The Hall–Kier alpha value is -0.860. The molecule has 0 spiro atoms. The summed E-state index contributed by atoms with van der Waals surface area (Å²) in [6.45, 7) is 4.31. The van der Waals surface area contributed by atoms with Crippen molar-refractivity contribution < 1.29 is 0 Å². The van der Waals surface area contributed by atoms with E-state index in [1.807, 2.05) is 18.2 Å². The van der Waals surface area contributed by atoms with E-state index in [1.54, 1.807) is 0 Å². The molecule has 0 amide bonds. The summed E-state index contributed by atoms with van der Waals surface area (Å²) >= 11 is 0. The maximum absolute atomic E-state index is 5.59. The number of nitrogens with two attached hydrogens (primary N) is 1. The molecule has 0 unspecified atom stereocenters. The first-order chi connectivity index (χ1) is 6.79. The third kappa shape index (κ3) is 5.00. The summed E-state index contributed by atoms with van der Waals surface area (Å²) < 4.78 is 0. The number of rotatable bonds is 0. The van der Waals surface area contributed by atoms with Gasteiger partial charge >= 0.3 is 0 Å². The Kier molecular flexibility index (Phi) is 5.27. The van der Waals surface area contributed by atoms with Crippen LogP contribution in [0.5, 0.6) is 0 Å². The van der Waals surface area contributed by atoms with E-state index in [1.165, 1.54) is 5.56 Å². The number of hydrogen-bond donors (Lipinski definition) is 2. The quantitative estimate of drug-likeness (QED) is 0.656. The fourth-order valence-corrected chi connectivity index (χ4v) is 1.38. The lowest BCUT2D eigenvalue weighted by Gasteiger charge is -2.17. The molecule has 0 saturated carbocycles. The molecule has 78 valence electrons. The predicted molar refractivity (Wildman–Crippen MR) is 61.3 cm³/mol. The predicted octanol–water partition coefficient (Wildman–Crippen LogP) is 1.69. The molecule has 1 fully saturated rings. The van der Waals surface area contributed by atoms with Crippen LogP contribution in [0.15, 0.2) is 30.3 Å². The fourth-order valence-electron chi connectivity index (χ4n) is 1.38. The zero-order valence-corrected chi connectivity index (χ0v) is 8.87. The first-order valence-corrected chi connectivity index (χ1v) is 5.27. The average molecular weight is 192 g/mol. The third-order valence-corrected chi connectivity index (χ3v) is 2.32. The van der Waals surface area contributed by atoms with Crippen molar-refractivity contribution >= 4 is 0 Å². The van der Waals surface area contributed by atoms with Gasteiger partial charge in [-0.2, -0.15) is 0 Å². The molecule has 1 aromatic rings. The van der Waals surface area contributed by atoms with Crippen LogP contribution in [0.1, 0.15) is 18.4 Å². The standard InChI is InChI=1S/C7H8.C5H12N2/c1-7-5-3-2-4-6-7;6-5-1-3-7-4-2-5/h2-6H,1H3;5,7H,1-4,6H2. The minimum absolute atomic E-state index is 0.473. The summed E-state index contributed by atoms with van der Waals surface area (Å²) in [6, 6.07) is 10.7. The van der Waals surface area contributed by atoms with Gasteiger partial charge in [-0.25, -0.2) is 0 Å². The van der Waals surface area contributed by atoms with Gasteiger partial charge in [0, 0.05) is 6.04 Å². The minimum Gasteiger partial charge on any atom is -0.328 e. The molecular formula is C12H20N2. The highest BCUT2D eigenvalue weighted by molar-refractivity contribution is 5.11.